The van der Waals surface area contributed by atoms with Gasteiger partial charge in [0.2, 0.25) is 0 Å². The second-order valence-electron chi connectivity index (χ2n) is 5.81. The minimum atomic E-state index is -2.56. The summed E-state index contributed by atoms with van der Waals surface area (Å²) in [5.41, 5.74) is 2.81. The molecule has 0 aliphatic carbocycles. The number of aldehydes is 1. The van der Waals surface area contributed by atoms with Gasteiger partial charge in [0.1, 0.15) is 18.6 Å². The van der Waals surface area contributed by atoms with E-state index in [1.807, 2.05) is 33.8 Å². The monoisotopic (exact) mass is 311 g/mol. The van der Waals surface area contributed by atoms with Gasteiger partial charge in [-0.2, -0.15) is 0 Å². The first-order chi connectivity index (χ1) is 10.3. The molecule has 0 bridgehead atoms. The lowest BCUT2D eigenvalue weighted by Crippen LogP contribution is -2.13. The van der Waals surface area contributed by atoms with E-state index in [4.69, 9.17) is 4.74 Å². The van der Waals surface area contributed by atoms with Crippen LogP contribution in [0.15, 0.2) is 12.1 Å². The third-order valence-electron chi connectivity index (χ3n) is 3.25. The molecule has 0 radical (unpaired) electrons. The van der Waals surface area contributed by atoms with Crippen LogP contribution >= 0.6 is 0 Å². The van der Waals surface area contributed by atoms with E-state index in [1.54, 1.807) is 6.92 Å². The van der Waals surface area contributed by atoms with E-state index in [-0.39, 0.29) is 11.8 Å². The van der Waals surface area contributed by atoms with Crippen LogP contribution in [0, 0.1) is 0 Å². The van der Waals surface area contributed by atoms with Crippen molar-refractivity contribution in [1.82, 2.24) is 4.98 Å². The number of pyridine rings is 1. The Balaban J connectivity index is 3.51. The fourth-order valence-electron chi connectivity index (χ4n) is 2.04. The lowest BCUT2D eigenvalue weighted by Gasteiger charge is -2.20. The molecule has 0 spiro atoms. The molecule has 0 aliphatic rings. The number of hydrogen-bond donors (Lipinski definition) is 0. The van der Waals surface area contributed by atoms with Gasteiger partial charge in [-0.3, -0.25) is 9.78 Å². The van der Waals surface area contributed by atoms with Crippen LogP contribution in [-0.4, -0.2) is 24.3 Å². The lowest BCUT2D eigenvalue weighted by molar-refractivity contribution is -0.104. The number of rotatable bonds is 7. The minimum absolute atomic E-state index is 0.0224. The van der Waals surface area contributed by atoms with E-state index in [1.165, 1.54) is 6.08 Å². The molecule has 0 unspecified atom stereocenters. The third-order valence-corrected chi connectivity index (χ3v) is 3.25. The standard InChI is InChI=1S/C17H23F2NO2/c1-10(2)14-8-13(12(5)6-7-21)17(22-9-15(18)19)16(20-14)11(3)4/h6-8,10-11,15H,9H2,1-5H3/b12-6-. The second-order valence-corrected chi connectivity index (χ2v) is 5.81. The van der Waals surface area contributed by atoms with Gasteiger partial charge in [0, 0.05) is 11.3 Å². The maximum atomic E-state index is 12.5. The molecular formula is C17H23F2NO2. The zero-order valence-corrected chi connectivity index (χ0v) is 13.7. The fourth-order valence-corrected chi connectivity index (χ4v) is 2.04. The van der Waals surface area contributed by atoms with Gasteiger partial charge in [-0.25, -0.2) is 8.78 Å². The van der Waals surface area contributed by atoms with Crippen molar-refractivity contribution in [2.24, 2.45) is 0 Å². The second kappa shape index (κ2) is 8.01. The van der Waals surface area contributed by atoms with Crippen molar-refractivity contribution in [3.8, 4) is 5.75 Å². The molecule has 0 N–H and O–H groups in total. The summed E-state index contributed by atoms with van der Waals surface area (Å²) in [5.74, 6) is 0.550. The zero-order chi connectivity index (χ0) is 16.9. The Hall–Kier alpha value is -1.78. The summed E-state index contributed by atoms with van der Waals surface area (Å²) in [4.78, 5) is 15.3. The van der Waals surface area contributed by atoms with Crippen molar-refractivity contribution in [2.75, 3.05) is 6.61 Å². The molecule has 122 valence electrons. The summed E-state index contributed by atoms with van der Waals surface area (Å²) in [6.45, 7) is 8.95. The van der Waals surface area contributed by atoms with Crippen molar-refractivity contribution in [2.45, 2.75) is 52.9 Å². The van der Waals surface area contributed by atoms with Crippen LogP contribution in [0.25, 0.3) is 5.57 Å². The van der Waals surface area contributed by atoms with Gasteiger partial charge in [-0.1, -0.05) is 27.7 Å². The molecule has 1 rings (SSSR count). The van der Waals surface area contributed by atoms with E-state index in [2.05, 4.69) is 4.98 Å². The van der Waals surface area contributed by atoms with Gasteiger partial charge in [0.15, 0.2) is 0 Å². The molecule has 0 saturated heterocycles. The third kappa shape index (κ3) is 4.61. The Bertz CT molecular complexity index is 552. The average molecular weight is 311 g/mol. The Labute approximate surface area is 130 Å². The summed E-state index contributed by atoms with van der Waals surface area (Å²) in [5, 5.41) is 0. The van der Waals surface area contributed by atoms with Crippen molar-refractivity contribution < 1.29 is 18.3 Å². The Morgan fingerprint density at radius 3 is 2.36 bits per heavy atom. The number of allylic oxidation sites excluding steroid dienone is 2. The van der Waals surface area contributed by atoms with Crippen LogP contribution in [0.5, 0.6) is 5.75 Å². The van der Waals surface area contributed by atoms with Crippen molar-refractivity contribution in [1.29, 1.82) is 0 Å². The highest BCUT2D eigenvalue weighted by Crippen LogP contribution is 2.35. The lowest BCUT2D eigenvalue weighted by atomic mass is 9.97. The fraction of sp³-hybridized carbons (Fsp3) is 0.529. The zero-order valence-electron chi connectivity index (χ0n) is 13.7. The first-order valence-electron chi connectivity index (χ1n) is 7.36. The Morgan fingerprint density at radius 1 is 1.27 bits per heavy atom. The largest absolute Gasteiger partial charge is 0.485 e. The average Bonchev–Trinajstić information content (AvgIpc) is 2.43. The summed E-state index contributed by atoms with van der Waals surface area (Å²) >= 11 is 0. The molecule has 0 aromatic carbocycles. The summed E-state index contributed by atoms with van der Waals surface area (Å²) in [6.07, 6.45) is -0.483. The number of aromatic nitrogens is 1. The van der Waals surface area contributed by atoms with Gasteiger partial charge in [0.25, 0.3) is 6.43 Å². The number of alkyl halides is 2. The maximum Gasteiger partial charge on any atom is 0.272 e. The van der Waals surface area contributed by atoms with Gasteiger partial charge < -0.3 is 4.74 Å². The number of hydrogen-bond acceptors (Lipinski definition) is 3. The minimum Gasteiger partial charge on any atom is -0.485 e. The van der Waals surface area contributed by atoms with E-state index in [0.717, 1.165) is 5.69 Å². The highest BCUT2D eigenvalue weighted by molar-refractivity contribution is 5.83. The molecule has 3 nitrogen and oxygen atoms in total. The van der Waals surface area contributed by atoms with Gasteiger partial charge in [-0.05, 0) is 36.5 Å². The molecule has 0 aliphatic heterocycles. The highest BCUT2D eigenvalue weighted by Gasteiger charge is 2.20. The molecule has 0 saturated carbocycles. The molecule has 1 aromatic rings. The van der Waals surface area contributed by atoms with E-state index < -0.39 is 13.0 Å². The quantitative estimate of drug-likeness (QED) is 0.547. The number of carbonyl (C=O) groups is 1. The first kappa shape index (κ1) is 18.3. The summed E-state index contributed by atoms with van der Waals surface area (Å²) in [6, 6.07) is 1.81. The van der Waals surface area contributed by atoms with Gasteiger partial charge in [0.05, 0.1) is 5.69 Å². The Kier molecular flexibility index (Phi) is 6.65. The predicted molar refractivity (Wildman–Crippen MR) is 83.6 cm³/mol. The predicted octanol–water partition coefficient (Wildman–Crippen LogP) is 4.57. The van der Waals surface area contributed by atoms with Crippen LogP contribution in [0.3, 0.4) is 0 Å². The van der Waals surface area contributed by atoms with Crippen LogP contribution < -0.4 is 4.74 Å². The molecule has 0 amide bonds. The molecule has 22 heavy (non-hydrogen) atoms. The van der Waals surface area contributed by atoms with Crippen molar-refractivity contribution >= 4 is 11.9 Å². The highest BCUT2D eigenvalue weighted by atomic mass is 19.3. The van der Waals surface area contributed by atoms with Crippen molar-refractivity contribution in [3.63, 3.8) is 0 Å². The SMILES string of the molecule is C/C(=C/C=O)c1cc(C(C)C)nc(C(C)C)c1OCC(F)F. The molecule has 1 heterocycles. The van der Waals surface area contributed by atoms with Gasteiger partial charge in [-0.15, -0.1) is 0 Å². The first-order valence-corrected chi connectivity index (χ1v) is 7.36. The topological polar surface area (TPSA) is 39.2 Å². The normalized spacial score (nSPS) is 12.4. The van der Waals surface area contributed by atoms with Crippen LogP contribution in [0.2, 0.25) is 0 Å². The smallest absolute Gasteiger partial charge is 0.272 e. The Morgan fingerprint density at radius 2 is 1.91 bits per heavy atom. The number of carbonyl (C=O) groups excluding carboxylic acids is 1. The molecule has 1 aromatic heterocycles. The molecule has 0 fully saturated rings. The molecule has 0 atom stereocenters. The van der Waals surface area contributed by atoms with Crippen LogP contribution in [0.4, 0.5) is 8.78 Å². The summed E-state index contributed by atoms with van der Waals surface area (Å²) in [7, 11) is 0. The van der Waals surface area contributed by atoms with E-state index in [0.29, 0.717) is 28.9 Å². The number of ether oxygens (including phenoxy) is 1. The maximum absolute atomic E-state index is 12.5. The van der Waals surface area contributed by atoms with Gasteiger partial charge >= 0.3 is 0 Å². The summed E-state index contributed by atoms with van der Waals surface area (Å²) < 4.78 is 30.4. The van der Waals surface area contributed by atoms with Crippen molar-refractivity contribution in [3.05, 3.63) is 29.1 Å². The number of nitrogens with zero attached hydrogens (tertiary/aromatic N) is 1. The van der Waals surface area contributed by atoms with Crippen LogP contribution in [0.1, 0.15) is 63.4 Å². The van der Waals surface area contributed by atoms with Crippen LogP contribution in [-0.2, 0) is 4.79 Å². The van der Waals surface area contributed by atoms with E-state index >= 15 is 0 Å². The number of halogens is 2. The molecular weight excluding hydrogens is 288 g/mol. The molecule has 5 heteroatoms. The van der Waals surface area contributed by atoms with E-state index in [9.17, 15) is 13.6 Å².